The Morgan fingerprint density at radius 1 is 1.19 bits per heavy atom. The van der Waals surface area contributed by atoms with Crippen LogP contribution in [0.4, 0.5) is 5.13 Å². The van der Waals surface area contributed by atoms with Crippen LogP contribution in [0, 0.1) is 5.92 Å². The van der Waals surface area contributed by atoms with Crippen molar-refractivity contribution in [1.82, 2.24) is 10.3 Å². The van der Waals surface area contributed by atoms with Crippen LogP contribution < -0.4 is 10.2 Å². The van der Waals surface area contributed by atoms with E-state index in [1.807, 2.05) is 11.3 Å². The third kappa shape index (κ3) is 5.59. The zero-order chi connectivity index (χ0) is 15.8. The molecule has 0 fully saturated rings. The molecular formula is C17H33N3S. The Hall–Kier alpha value is -0.610. The molecule has 1 aromatic rings. The summed E-state index contributed by atoms with van der Waals surface area (Å²) in [6.45, 7) is 17.7. The van der Waals surface area contributed by atoms with Crippen LogP contribution in [0.5, 0.6) is 0 Å². The lowest BCUT2D eigenvalue weighted by Crippen LogP contribution is -2.27. The molecule has 0 aliphatic rings. The zero-order valence-corrected chi connectivity index (χ0v) is 15.5. The lowest BCUT2D eigenvalue weighted by atomic mass is 10.1. The van der Waals surface area contributed by atoms with Gasteiger partial charge in [-0.1, -0.05) is 41.0 Å². The first-order valence-corrected chi connectivity index (χ1v) is 9.30. The van der Waals surface area contributed by atoms with Gasteiger partial charge < -0.3 is 10.2 Å². The molecule has 0 spiro atoms. The van der Waals surface area contributed by atoms with E-state index >= 15 is 0 Å². The van der Waals surface area contributed by atoms with Crippen molar-refractivity contribution in [1.29, 1.82) is 0 Å². The van der Waals surface area contributed by atoms with Crippen molar-refractivity contribution in [3.63, 3.8) is 0 Å². The molecule has 0 aliphatic carbocycles. The molecule has 1 N–H and O–H groups in total. The molecule has 4 heteroatoms. The summed E-state index contributed by atoms with van der Waals surface area (Å²) < 4.78 is 0. The normalized spacial score (nSPS) is 12.9. The van der Waals surface area contributed by atoms with Gasteiger partial charge in [0.1, 0.15) is 0 Å². The number of nitrogens with zero attached hydrogens (tertiary/aromatic N) is 2. The first-order valence-electron chi connectivity index (χ1n) is 8.48. The van der Waals surface area contributed by atoms with E-state index in [1.54, 1.807) is 0 Å². The quantitative estimate of drug-likeness (QED) is 0.638. The van der Waals surface area contributed by atoms with E-state index < -0.39 is 0 Å². The van der Waals surface area contributed by atoms with Gasteiger partial charge in [-0.15, -0.1) is 11.3 Å². The number of thiazole rings is 1. The highest BCUT2D eigenvalue weighted by molar-refractivity contribution is 7.15. The Bertz CT molecular complexity index is 401. The average molecular weight is 312 g/mol. The van der Waals surface area contributed by atoms with Gasteiger partial charge in [0.25, 0.3) is 0 Å². The van der Waals surface area contributed by atoms with Crippen molar-refractivity contribution >= 4 is 16.5 Å². The van der Waals surface area contributed by atoms with E-state index in [0.29, 0.717) is 5.92 Å². The van der Waals surface area contributed by atoms with Crippen LogP contribution >= 0.6 is 11.3 Å². The lowest BCUT2D eigenvalue weighted by Gasteiger charge is -2.23. The molecule has 0 amide bonds. The third-order valence-corrected chi connectivity index (χ3v) is 4.99. The topological polar surface area (TPSA) is 28.2 Å². The minimum absolute atomic E-state index is 0.496. The van der Waals surface area contributed by atoms with E-state index in [9.17, 15) is 0 Å². The van der Waals surface area contributed by atoms with Gasteiger partial charge in [0.2, 0.25) is 0 Å². The average Bonchev–Trinajstić information content (AvgIpc) is 2.89. The van der Waals surface area contributed by atoms with E-state index in [4.69, 9.17) is 4.98 Å². The maximum absolute atomic E-state index is 4.95. The molecule has 1 heterocycles. The molecule has 0 saturated carbocycles. The van der Waals surface area contributed by atoms with Crippen LogP contribution in [0.3, 0.4) is 0 Å². The van der Waals surface area contributed by atoms with Crippen molar-refractivity contribution in [2.24, 2.45) is 5.92 Å². The Balaban J connectivity index is 2.88. The van der Waals surface area contributed by atoms with E-state index in [1.165, 1.54) is 28.5 Å². The van der Waals surface area contributed by atoms with Crippen molar-refractivity contribution in [2.75, 3.05) is 24.5 Å². The highest BCUT2D eigenvalue weighted by atomic mass is 32.1. The second-order valence-electron chi connectivity index (χ2n) is 6.19. The van der Waals surface area contributed by atoms with E-state index in [0.717, 1.165) is 32.1 Å². The van der Waals surface area contributed by atoms with Gasteiger partial charge in [-0.25, -0.2) is 4.98 Å². The number of anilines is 1. The Morgan fingerprint density at radius 2 is 1.90 bits per heavy atom. The molecule has 0 radical (unpaired) electrons. The van der Waals surface area contributed by atoms with Gasteiger partial charge in [0.05, 0.1) is 5.69 Å². The summed E-state index contributed by atoms with van der Waals surface area (Å²) in [7, 11) is 0. The van der Waals surface area contributed by atoms with E-state index in [-0.39, 0.29) is 0 Å². The van der Waals surface area contributed by atoms with Gasteiger partial charge >= 0.3 is 0 Å². The highest BCUT2D eigenvalue weighted by Gasteiger charge is 2.18. The minimum Gasteiger partial charge on any atom is -0.348 e. The van der Waals surface area contributed by atoms with Crippen LogP contribution in [0.1, 0.15) is 70.9 Å². The summed E-state index contributed by atoms with van der Waals surface area (Å²) >= 11 is 1.88. The molecule has 0 aromatic carbocycles. The molecule has 21 heavy (non-hydrogen) atoms. The Kier molecular flexibility index (Phi) is 8.27. The second-order valence-corrected chi connectivity index (χ2v) is 7.25. The summed E-state index contributed by atoms with van der Waals surface area (Å²) in [5, 5.41) is 4.72. The van der Waals surface area contributed by atoms with Crippen molar-refractivity contribution in [3.05, 3.63) is 10.6 Å². The van der Waals surface area contributed by atoms with Gasteiger partial charge in [-0.05, 0) is 31.7 Å². The minimum atomic E-state index is 0.496. The number of hydrogen-bond acceptors (Lipinski definition) is 4. The predicted octanol–water partition coefficient (Wildman–Crippen LogP) is 4.64. The highest BCUT2D eigenvalue weighted by Crippen LogP contribution is 2.31. The fraction of sp³-hybridized carbons (Fsp3) is 0.824. The first-order chi connectivity index (χ1) is 10.0. The summed E-state index contributed by atoms with van der Waals surface area (Å²) in [5.74, 6) is 1.22. The molecule has 3 nitrogen and oxygen atoms in total. The lowest BCUT2D eigenvalue weighted by molar-refractivity contribution is 0.547. The molecule has 0 bridgehead atoms. The van der Waals surface area contributed by atoms with Crippen LogP contribution in [0.2, 0.25) is 0 Å². The third-order valence-electron chi connectivity index (χ3n) is 3.86. The molecule has 122 valence electrons. The second kappa shape index (κ2) is 9.42. The van der Waals surface area contributed by atoms with Crippen LogP contribution in [0.25, 0.3) is 0 Å². The summed E-state index contributed by atoms with van der Waals surface area (Å²) in [4.78, 5) is 8.80. The smallest absolute Gasteiger partial charge is 0.185 e. The molecule has 1 aromatic heterocycles. The standard InChI is InChI=1S/C17H33N3S/c1-7-10-18-11-15-16(13(4)5)19-17(21-15)20(9-3)12-14(6)8-2/h13-14,18H,7-12H2,1-6H3. The van der Waals surface area contributed by atoms with Crippen molar-refractivity contribution < 1.29 is 0 Å². The Labute approximate surface area is 135 Å². The summed E-state index contributed by atoms with van der Waals surface area (Å²) in [6, 6.07) is 0. The van der Waals surface area contributed by atoms with Gasteiger partial charge in [-0.3, -0.25) is 0 Å². The molecule has 1 rings (SSSR count). The monoisotopic (exact) mass is 311 g/mol. The molecule has 0 aliphatic heterocycles. The number of nitrogens with one attached hydrogen (secondary N) is 1. The number of hydrogen-bond donors (Lipinski definition) is 1. The van der Waals surface area contributed by atoms with Gasteiger partial charge in [-0.2, -0.15) is 0 Å². The fourth-order valence-electron chi connectivity index (χ4n) is 2.29. The van der Waals surface area contributed by atoms with Crippen LogP contribution in [0.15, 0.2) is 0 Å². The largest absolute Gasteiger partial charge is 0.348 e. The molecule has 1 unspecified atom stereocenters. The molecule has 0 saturated heterocycles. The molecular weight excluding hydrogens is 278 g/mol. The van der Waals surface area contributed by atoms with Crippen LogP contribution in [-0.4, -0.2) is 24.6 Å². The zero-order valence-electron chi connectivity index (χ0n) is 14.7. The molecule has 1 atom stereocenters. The van der Waals surface area contributed by atoms with Crippen molar-refractivity contribution in [3.8, 4) is 0 Å². The first kappa shape index (κ1) is 18.4. The van der Waals surface area contributed by atoms with Gasteiger partial charge in [0.15, 0.2) is 5.13 Å². The van der Waals surface area contributed by atoms with Crippen molar-refractivity contribution in [2.45, 2.75) is 66.8 Å². The number of rotatable bonds is 10. The van der Waals surface area contributed by atoms with E-state index in [2.05, 4.69) is 51.8 Å². The summed E-state index contributed by atoms with van der Waals surface area (Å²) in [6.07, 6.45) is 2.40. The van der Waals surface area contributed by atoms with Gasteiger partial charge in [0, 0.05) is 24.5 Å². The SMILES string of the molecule is CCCNCc1sc(N(CC)CC(C)CC)nc1C(C)C. The fourth-order valence-corrected chi connectivity index (χ4v) is 3.55. The number of aromatic nitrogens is 1. The van der Waals surface area contributed by atoms with Crippen LogP contribution in [-0.2, 0) is 6.54 Å². The summed E-state index contributed by atoms with van der Waals surface area (Å²) in [5.41, 5.74) is 1.28. The maximum atomic E-state index is 4.95. The predicted molar refractivity (Wildman–Crippen MR) is 95.5 cm³/mol. The Morgan fingerprint density at radius 3 is 2.43 bits per heavy atom. The maximum Gasteiger partial charge on any atom is 0.185 e.